The maximum atomic E-state index is 9.06. The summed E-state index contributed by atoms with van der Waals surface area (Å²) in [5, 5.41) is 8.91. The minimum atomic E-state index is -0.151. The van der Waals surface area contributed by atoms with Gasteiger partial charge in [-0.25, -0.2) is 4.98 Å². The Kier molecular flexibility index (Phi) is 5.60. The molecule has 1 heterocycles. The van der Waals surface area contributed by atoms with Crippen LogP contribution in [0.2, 0.25) is 0 Å². The van der Waals surface area contributed by atoms with Crippen LogP contribution in [0.1, 0.15) is 43.0 Å². The average molecular weight is 306 g/mol. The van der Waals surface area contributed by atoms with Crippen molar-refractivity contribution in [1.82, 2.24) is 9.55 Å². The third-order valence-corrected chi connectivity index (χ3v) is 3.69. The molecule has 112 valence electrons. The molecule has 4 nitrogen and oxygen atoms in total. The van der Waals surface area contributed by atoms with Gasteiger partial charge in [-0.15, -0.1) is 11.6 Å². The second-order valence-corrected chi connectivity index (χ2v) is 5.76. The van der Waals surface area contributed by atoms with E-state index in [1.54, 1.807) is 13.2 Å². The zero-order valence-electron chi connectivity index (χ0n) is 12.5. The minimum Gasteiger partial charge on any atom is -0.385 e. The molecule has 0 aliphatic carbocycles. The van der Waals surface area contributed by atoms with Crippen LogP contribution in [-0.2, 0) is 11.3 Å². The van der Waals surface area contributed by atoms with E-state index in [0.29, 0.717) is 5.56 Å². The molecule has 2 rings (SSSR count). The van der Waals surface area contributed by atoms with Gasteiger partial charge in [0.1, 0.15) is 5.82 Å². The predicted octanol–water partition coefficient (Wildman–Crippen LogP) is 4.02. The summed E-state index contributed by atoms with van der Waals surface area (Å²) in [6.45, 7) is 3.58. The van der Waals surface area contributed by atoms with Crippen molar-refractivity contribution in [3.63, 3.8) is 0 Å². The summed E-state index contributed by atoms with van der Waals surface area (Å²) < 4.78 is 7.20. The molecule has 0 amide bonds. The molecular formula is C16H20ClN3O. The Bertz CT molecular complexity index is 643. The standard InChI is InChI=1S/C16H20ClN3O/c1-12(17)16-19-14-7-6-13(11-18)10-15(14)20(16)8-4-3-5-9-21-2/h6-7,10,12H,3-5,8-9H2,1-2H3. The number of nitriles is 1. The number of benzene rings is 1. The fourth-order valence-corrected chi connectivity index (χ4v) is 2.61. The molecule has 1 unspecified atom stereocenters. The lowest BCUT2D eigenvalue weighted by Gasteiger charge is -2.10. The van der Waals surface area contributed by atoms with E-state index in [1.165, 1.54) is 0 Å². The summed E-state index contributed by atoms with van der Waals surface area (Å²) in [4.78, 5) is 4.60. The quantitative estimate of drug-likeness (QED) is 0.573. The number of hydrogen-bond acceptors (Lipinski definition) is 3. The van der Waals surface area contributed by atoms with Gasteiger partial charge in [0.2, 0.25) is 0 Å². The second-order valence-electron chi connectivity index (χ2n) is 5.11. The molecule has 1 aromatic carbocycles. The average Bonchev–Trinajstić information content (AvgIpc) is 2.85. The van der Waals surface area contributed by atoms with Crippen LogP contribution in [0, 0.1) is 11.3 Å². The van der Waals surface area contributed by atoms with Gasteiger partial charge in [-0.3, -0.25) is 0 Å². The first-order chi connectivity index (χ1) is 10.2. The van der Waals surface area contributed by atoms with Gasteiger partial charge < -0.3 is 9.30 Å². The zero-order valence-corrected chi connectivity index (χ0v) is 13.2. The molecule has 0 saturated carbocycles. The lowest BCUT2D eigenvalue weighted by molar-refractivity contribution is 0.191. The maximum absolute atomic E-state index is 9.06. The molecule has 1 atom stereocenters. The van der Waals surface area contributed by atoms with Crippen LogP contribution in [-0.4, -0.2) is 23.3 Å². The third-order valence-electron chi connectivity index (χ3n) is 3.49. The number of halogens is 1. The van der Waals surface area contributed by atoms with Crippen molar-refractivity contribution in [3.8, 4) is 6.07 Å². The van der Waals surface area contributed by atoms with E-state index in [0.717, 1.165) is 49.3 Å². The number of alkyl halides is 1. The highest BCUT2D eigenvalue weighted by Crippen LogP contribution is 2.25. The van der Waals surface area contributed by atoms with Crippen LogP contribution in [0.5, 0.6) is 0 Å². The van der Waals surface area contributed by atoms with Gasteiger partial charge >= 0.3 is 0 Å². The third kappa shape index (κ3) is 3.75. The molecule has 2 aromatic rings. The summed E-state index contributed by atoms with van der Waals surface area (Å²) >= 11 is 6.25. The predicted molar refractivity (Wildman–Crippen MR) is 84.4 cm³/mol. The van der Waals surface area contributed by atoms with Gasteiger partial charge in [-0.05, 0) is 44.4 Å². The Hall–Kier alpha value is -1.57. The summed E-state index contributed by atoms with van der Waals surface area (Å²) in [5.41, 5.74) is 2.54. The van der Waals surface area contributed by atoms with Crippen LogP contribution in [0.15, 0.2) is 18.2 Å². The summed E-state index contributed by atoms with van der Waals surface area (Å²) in [5.74, 6) is 0.869. The molecule has 0 aliphatic heterocycles. The Morgan fingerprint density at radius 2 is 2.19 bits per heavy atom. The monoisotopic (exact) mass is 305 g/mol. The number of unbranched alkanes of at least 4 members (excludes halogenated alkanes) is 2. The Morgan fingerprint density at radius 1 is 1.38 bits per heavy atom. The fraction of sp³-hybridized carbons (Fsp3) is 0.500. The summed E-state index contributed by atoms with van der Waals surface area (Å²) in [6.07, 6.45) is 3.20. The summed E-state index contributed by atoms with van der Waals surface area (Å²) in [7, 11) is 1.72. The molecule has 0 spiro atoms. The van der Waals surface area contributed by atoms with Crippen molar-refractivity contribution < 1.29 is 4.74 Å². The van der Waals surface area contributed by atoms with Crippen LogP contribution in [0.3, 0.4) is 0 Å². The van der Waals surface area contributed by atoms with Gasteiger partial charge in [-0.2, -0.15) is 5.26 Å². The normalized spacial score (nSPS) is 12.5. The van der Waals surface area contributed by atoms with E-state index in [1.807, 2.05) is 19.1 Å². The first-order valence-corrected chi connectivity index (χ1v) is 7.64. The molecule has 0 fully saturated rings. The van der Waals surface area contributed by atoms with E-state index in [2.05, 4.69) is 15.6 Å². The number of imidazole rings is 1. The largest absolute Gasteiger partial charge is 0.385 e. The molecule has 0 bridgehead atoms. The maximum Gasteiger partial charge on any atom is 0.127 e. The van der Waals surface area contributed by atoms with Crippen LogP contribution < -0.4 is 0 Å². The van der Waals surface area contributed by atoms with Gasteiger partial charge in [0, 0.05) is 20.3 Å². The van der Waals surface area contributed by atoms with Crippen molar-refractivity contribution >= 4 is 22.6 Å². The van der Waals surface area contributed by atoms with Crippen LogP contribution >= 0.6 is 11.6 Å². The molecule has 0 aliphatic rings. The van der Waals surface area contributed by atoms with E-state index >= 15 is 0 Å². The smallest absolute Gasteiger partial charge is 0.127 e. The lowest BCUT2D eigenvalue weighted by Crippen LogP contribution is -2.05. The fourth-order valence-electron chi connectivity index (χ4n) is 2.44. The van der Waals surface area contributed by atoms with Crippen molar-refractivity contribution in [3.05, 3.63) is 29.6 Å². The first kappa shape index (κ1) is 15.8. The molecule has 5 heteroatoms. The summed E-state index contributed by atoms with van der Waals surface area (Å²) in [6, 6.07) is 7.75. The van der Waals surface area contributed by atoms with Gasteiger partial charge in [0.15, 0.2) is 0 Å². The van der Waals surface area contributed by atoms with Crippen LogP contribution in [0.25, 0.3) is 11.0 Å². The Balaban J connectivity index is 2.25. The highest BCUT2D eigenvalue weighted by atomic mass is 35.5. The number of fused-ring (bicyclic) bond motifs is 1. The highest BCUT2D eigenvalue weighted by molar-refractivity contribution is 6.20. The van der Waals surface area contributed by atoms with Gasteiger partial charge in [0.25, 0.3) is 0 Å². The van der Waals surface area contributed by atoms with E-state index < -0.39 is 0 Å². The topological polar surface area (TPSA) is 50.8 Å². The molecule has 0 radical (unpaired) electrons. The second kappa shape index (κ2) is 7.44. The van der Waals surface area contributed by atoms with E-state index in [4.69, 9.17) is 21.6 Å². The number of aryl methyl sites for hydroxylation is 1. The van der Waals surface area contributed by atoms with Crippen molar-refractivity contribution in [2.75, 3.05) is 13.7 Å². The first-order valence-electron chi connectivity index (χ1n) is 7.20. The number of ether oxygens (including phenoxy) is 1. The van der Waals surface area contributed by atoms with Gasteiger partial charge in [0.05, 0.1) is 28.0 Å². The Labute approximate surface area is 130 Å². The van der Waals surface area contributed by atoms with Crippen molar-refractivity contribution in [2.24, 2.45) is 0 Å². The minimum absolute atomic E-state index is 0.151. The number of nitrogens with zero attached hydrogens (tertiary/aromatic N) is 3. The molecule has 21 heavy (non-hydrogen) atoms. The van der Waals surface area contributed by atoms with Crippen LogP contribution in [0.4, 0.5) is 0 Å². The number of hydrogen-bond donors (Lipinski definition) is 0. The molecular weight excluding hydrogens is 286 g/mol. The van der Waals surface area contributed by atoms with Crippen molar-refractivity contribution in [2.45, 2.75) is 38.1 Å². The van der Waals surface area contributed by atoms with E-state index in [-0.39, 0.29) is 5.38 Å². The number of rotatable bonds is 7. The Morgan fingerprint density at radius 3 is 2.86 bits per heavy atom. The number of aromatic nitrogens is 2. The molecule has 1 aromatic heterocycles. The molecule has 0 N–H and O–H groups in total. The highest BCUT2D eigenvalue weighted by Gasteiger charge is 2.15. The van der Waals surface area contributed by atoms with E-state index in [9.17, 15) is 0 Å². The molecule has 0 saturated heterocycles. The van der Waals surface area contributed by atoms with Gasteiger partial charge in [-0.1, -0.05) is 0 Å². The number of methoxy groups -OCH3 is 1. The van der Waals surface area contributed by atoms with Crippen molar-refractivity contribution in [1.29, 1.82) is 5.26 Å². The SMILES string of the molecule is COCCCCCn1c(C(C)Cl)nc2ccc(C#N)cc21. The lowest BCUT2D eigenvalue weighted by atomic mass is 10.2. The zero-order chi connectivity index (χ0) is 15.2.